The SMILES string of the molecule is Cc1ccc(F)c(C(=O)CCCl)c1. The molecule has 0 bridgehead atoms. The van der Waals surface area contributed by atoms with Gasteiger partial charge in [-0.25, -0.2) is 4.39 Å². The van der Waals surface area contributed by atoms with Gasteiger partial charge in [0.15, 0.2) is 5.78 Å². The van der Waals surface area contributed by atoms with E-state index in [1.54, 1.807) is 12.1 Å². The Morgan fingerprint density at radius 2 is 2.23 bits per heavy atom. The van der Waals surface area contributed by atoms with Crippen molar-refractivity contribution in [3.05, 3.63) is 35.1 Å². The van der Waals surface area contributed by atoms with Gasteiger partial charge in [-0.3, -0.25) is 4.79 Å². The van der Waals surface area contributed by atoms with Crippen molar-refractivity contribution in [2.24, 2.45) is 0 Å². The lowest BCUT2D eigenvalue weighted by Crippen LogP contribution is -2.03. The highest BCUT2D eigenvalue weighted by atomic mass is 35.5. The van der Waals surface area contributed by atoms with Crippen molar-refractivity contribution >= 4 is 17.4 Å². The summed E-state index contributed by atoms with van der Waals surface area (Å²) in [7, 11) is 0. The first-order chi connectivity index (χ1) is 6.15. The fourth-order valence-corrected chi connectivity index (χ4v) is 1.24. The number of carbonyl (C=O) groups excluding carboxylic acids is 1. The van der Waals surface area contributed by atoms with Crippen LogP contribution in [0, 0.1) is 12.7 Å². The van der Waals surface area contributed by atoms with Gasteiger partial charge < -0.3 is 0 Å². The number of alkyl halides is 1. The van der Waals surface area contributed by atoms with Gasteiger partial charge in [0.2, 0.25) is 0 Å². The molecule has 0 aromatic heterocycles. The van der Waals surface area contributed by atoms with E-state index in [1.807, 2.05) is 6.92 Å². The minimum absolute atomic E-state index is 0.139. The third-order valence-corrected chi connectivity index (χ3v) is 1.93. The maximum absolute atomic E-state index is 13.1. The standard InChI is InChI=1S/C10H10ClFO/c1-7-2-3-9(12)8(6-7)10(13)4-5-11/h2-3,6H,4-5H2,1H3. The van der Waals surface area contributed by atoms with Crippen molar-refractivity contribution in [1.29, 1.82) is 0 Å². The van der Waals surface area contributed by atoms with Crippen molar-refractivity contribution in [2.45, 2.75) is 13.3 Å². The molecule has 0 saturated heterocycles. The molecule has 70 valence electrons. The Hall–Kier alpha value is -0.890. The lowest BCUT2D eigenvalue weighted by Gasteiger charge is -2.01. The van der Waals surface area contributed by atoms with Crippen molar-refractivity contribution in [3.63, 3.8) is 0 Å². The van der Waals surface area contributed by atoms with Gasteiger partial charge in [0.25, 0.3) is 0 Å². The molecular weight excluding hydrogens is 191 g/mol. The first-order valence-corrected chi connectivity index (χ1v) is 4.54. The molecule has 0 atom stereocenters. The van der Waals surface area contributed by atoms with Gasteiger partial charge in [-0.1, -0.05) is 11.6 Å². The first kappa shape index (κ1) is 10.2. The van der Waals surface area contributed by atoms with Gasteiger partial charge in [-0.2, -0.15) is 0 Å². The molecule has 0 radical (unpaired) electrons. The van der Waals surface area contributed by atoms with Crippen LogP contribution in [-0.2, 0) is 0 Å². The highest BCUT2D eigenvalue weighted by Gasteiger charge is 2.10. The molecule has 1 aromatic rings. The van der Waals surface area contributed by atoms with Crippen LogP contribution >= 0.6 is 11.6 Å². The summed E-state index contributed by atoms with van der Waals surface area (Å²) in [6.07, 6.45) is 0.182. The predicted octanol–water partition coefficient (Wildman–Crippen LogP) is 2.95. The van der Waals surface area contributed by atoms with E-state index < -0.39 is 5.82 Å². The molecule has 1 nitrogen and oxygen atoms in total. The second kappa shape index (κ2) is 4.38. The fraction of sp³-hybridized carbons (Fsp3) is 0.300. The summed E-state index contributed by atoms with van der Waals surface area (Å²) >= 11 is 5.40. The van der Waals surface area contributed by atoms with Gasteiger partial charge in [0, 0.05) is 12.3 Å². The molecule has 0 amide bonds. The van der Waals surface area contributed by atoms with E-state index in [0.29, 0.717) is 0 Å². The molecule has 0 N–H and O–H groups in total. The third-order valence-electron chi connectivity index (χ3n) is 1.74. The summed E-state index contributed by atoms with van der Waals surface area (Å²) in [5.41, 5.74) is 1.01. The van der Waals surface area contributed by atoms with Crippen LogP contribution in [0.3, 0.4) is 0 Å². The van der Waals surface area contributed by atoms with Gasteiger partial charge in [-0.05, 0) is 19.1 Å². The number of hydrogen-bond acceptors (Lipinski definition) is 1. The molecule has 0 saturated carbocycles. The van der Waals surface area contributed by atoms with E-state index in [2.05, 4.69) is 0 Å². The first-order valence-electron chi connectivity index (χ1n) is 4.00. The minimum Gasteiger partial charge on any atom is -0.294 e. The maximum Gasteiger partial charge on any atom is 0.167 e. The molecule has 0 aliphatic carbocycles. The second-order valence-corrected chi connectivity index (χ2v) is 3.22. The molecule has 13 heavy (non-hydrogen) atoms. The summed E-state index contributed by atoms with van der Waals surface area (Å²) < 4.78 is 13.1. The molecule has 0 spiro atoms. The number of hydrogen-bond donors (Lipinski definition) is 0. The van der Waals surface area contributed by atoms with E-state index in [9.17, 15) is 9.18 Å². The Kier molecular flexibility index (Phi) is 3.43. The van der Waals surface area contributed by atoms with Gasteiger partial charge in [0.05, 0.1) is 5.56 Å². The number of Topliss-reactive ketones (excluding diaryl/α,β-unsaturated/α-hetero) is 1. The van der Waals surface area contributed by atoms with E-state index >= 15 is 0 Å². The van der Waals surface area contributed by atoms with Crippen LogP contribution in [0.1, 0.15) is 22.3 Å². The number of halogens is 2. The Labute approximate surface area is 81.5 Å². The lowest BCUT2D eigenvalue weighted by molar-refractivity contribution is 0.0985. The lowest BCUT2D eigenvalue weighted by atomic mass is 10.1. The molecular formula is C10H10ClFO. The molecule has 0 unspecified atom stereocenters. The summed E-state index contributed by atoms with van der Waals surface area (Å²) in [6.45, 7) is 1.82. The molecule has 1 rings (SSSR count). The van der Waals surface area contributed by atoms with Crippen molar-refractivity contribution in [3.8, 4) is 0 Å². The third kappa shape index (κ3) is 2.52. The number of carbonyl (C=O) groups is 1. The highest BCUT2D eigenvalue weighted by Crippen LogP contribution is 2.12. The smallest absolute Gasteiger partial charge is 0.167 e. The van der Waals surface area contributed by atoms with Crippen LogP contribution in [0.25, 0.3) is 0 Å². The number of rotatable bonds is 3. The van der Waals surface area contributed by atoms with E-state index in [1.165, 1.54) is 6.07 Å². The average Bonchev–Trinajstić information content (AvgIpc) is 2.09. The number of ketones is 1. The monoisotopic (exact) mass is 200 g/mol. The molecule has 0 aliphatic heterocycles. The van der Waals surface area contributed by atoms with E-state index in [4.69, 9.17) is 11.6 Å². The Balaban J connectivity index is 2.99. The predicted molar refractivity (Wildman–Crippen MR) is 50.8 cm³/mol. The van der Waals surface area contributed by atoms with Crippen molar-refractivity contribution in [2.75, 3.05) is 5.88 Å². The second-order valence-electron chi connectivity index (χ2n) is 2.85. The zero-order valence-corrected chi connectivity index (χ0v) is 8.07. The zero-order chi connectivity index (χ0) is 9.84. The molecule has 1 aromatic carbocycles. The Morgan fingerprint density at radius 1 is 1.54 bits per heavy atom. The van der Waals surface area contributed by atoms with Crippen LogP contribution in [-0.4, -0.2) is 11.7 Å². The molecule has 0 heterocycles. The van der Waals surface area contributed by atoms with E-state index in [-0.39, 0.29) is 23.6 Å². The Bertz CT molecular complexity index is 323. The molecule has 0 aliphatic rings. The largest absolute Gasteiger partial charge is 0.294 e. The van der Waals surface area contributed by atoms with Gasteiger partial charge >= 0.3 is 0 Å². The normalized spacial score (nSPS) is 10.1. The van der Waals surface area contributed by atoms with Crippen LogP contribution < -0.4 is 0 Å². The number of benzene rings is 1. The van der Waals surface area contributed by atoms with Gasteiger partial charge in [-0.15, -0.1) is 11.6 Å². The zero-order valence-electron chi connectivity index (χ0n) is 7.31. The van der Waals surface area contributed by atoms with Crippen LogP contribution in [0.15, 0.2) is 18.2 Å². The van der Waals surface area contributed by atoms with Crippen LogP contribution in [0.2, 0.25) is 0 Å². The van der Waals surface area contributed by atoms with E-state index in [0.717, 1.165) is 5.56 Å². The van der Waals surface area contributed by atoms with Crippen molar-refractivity contribution in [1.82, 2.24) is 0 Å². The average molecular weight is 201 g/mol. The summed E-state index contributed by atoms with van der Waals surface area (Å²) in [5.74, 6) is -0.483. The molecule has 3 heteroatoms. The van der Waals surface area contributed by atoms with Gasteiger partial charge in [0.1, 0.15) is 5.82 Å². The highest BCUT2D eigenvalue weighted by molar-refractivity contribution is 6.19. The quantitative estimate of drug-likeness (QED) is 0.542. The number of aryl methyl sites for hydroxylation is 1. The summed E-state index contributed by atoms with van der Waals surface area (Å²) in [6, 6.07) is 4.48. The van der Waals surface area contributed by atoms with Crippen LogP contribution in [0.5, 0.6) is 0 Å². The minimum atomic E-state index is -0.472. The van der Waals surface area contributed by atoms with Crippen LogP contribution in [0.4, 0.5) is 4.39 Å². The maximum atomic E-state index is 13.1. The Morgan fingerprint density at radius 3 is 2.85 bits per heavy atom. The fourth-order valence-electron chi connectivity index (χ4n) is 1.07. The summed E-state index contributed by atoms with van der Waals surface area (Å²) in [4.78, 5) is 11.3. The topological polar surface area (TPSA) is 17.1 Å². The van der Waals surface area contributed by atoms with Crippen molar-refractivity contribution < 1.29 is 9.18 Å². The molecule has 0 fully saturated rings. The summed E-state index contributed by atoms with van der Waals surface area (Å²) in [5, 5.41) is 0.